The maximum absolute atomic E-state index is 4.52. The fourth-order valence-electron chi connectivity index (χ4n) is 2.04. The number of rotatable bonds is 5. The summed E-state index contributed by atoms with van der Waals surface area (Å²) in [5.74, 6) is 1.28. The Hall–Kier alpha value is -1.78. The quantitative estimate of drug-likeness (QED) is 0.500. The summed E-state index contributed by atoms with van der Waals surface area (Å²) in [7, 11) is 5.77. The largest absolute Gasteiger partial charge is 0.353 e. The topological polar surface area (TPSA) is 45.5 Å². The van der Waals surface area contributed by atoms with E-state index in [0.717, 1.165) is 18.2 Å². The van der Waals surface area contributed by atoms with E-state index in [0.29, 0.717) is 12.5 Å². The van der Waals surface area contributed by atoms with E-state index in [1.807, 2.05) is 24.9 Å². The summed E-state index contributed by atoms with van der Waals surface area (Å²) in [6.07, 6.45) is 3.90. The molecule has 0 aliphatic rings. The number of hydrogen-bond donors (Lipinski definition) is 1. The van der Waals surface area contributed by atoms with Crippen LogP contribution in [0.1, 0.15) is 31.0 Å². The molecule has 1 aromatic rings. The standard InChI is InChI=1S/C14H25N5/c1-7-8-16-14(15-4)18(5)9-12-10-19(6)17-13(12)11(2)3/h7,10-11H,1,8-9H2,2-6H3,(H,15,16). The predicted octanol–water partition coefficient (Wildman–Crippen LogP) is 1.74. The van der Waals surface area contributed by atoms with E-state index in [1.165, 1.54) is 5.56 Å². The molecule has 0 atom stereocenters. The van der Waals surface area contributed by atoms with Crippen molar-refractivity contribution in [3.05, 3.63) is 30.1 Å². The lowest BCUT2D eigenvalue weighted by Crippen LogP contribution is -2.38. The van der Waals surface area contributed by atoms with E-state index in [9.17, 15) is 0 Å². The van der Waals surface area contributed by atoms with Crippen LogP contribution in [0.2, 0.25) is 0 Å². The van der Waals surface area contributed by atoms with Crippen molar-refractivity contribution in [2.24, 2.45) is 12.0 Å². The Bertz CT molecular complexity index is 445. The number of aromatic nitrogens is 2. The first-order valence-corrected chi connectivity index (χ1v) is 6.54. The summed E-state index contributed by atoms with van der Waals surface area (Å²) in [5, 5.41) is 7.75. The Morgan fingerprint density at radius 3 is 2.84 bits per heavy atom. The van der Waals surface area contributed by atoms with Gasteiger partial charge in [0.25, 0.3) is 0 Å². The van der Waals surface area contributed by atoms with Gasteiger partial charge in [0.1, 0.15) is 0 Å². The molecule has 0 aliphatic carbocycles. The highest BCUT2D eigenvalue weighted by atomic mass is 15.3. The number of nitrogens with one attached hydrogen (secondary N) is 1. The van der Waals surface area contributed by atoms with Crippen LogP contribution in [0.15, 0.2) is 23.8 Å². The van der Waals surface area contributed by atoms with Crippen LogP contribution in [0.4, 0.5) is 0 Å². The van der Waals surface area contributed by atoms with Crippen molar-refractivity contribution < 1.29 is 0 Å². The zero-order valence-corrected chi connectivity index (χ0v) is 12.6. The molecule has 0 aliphatic heterocycles. The number of guanidine groups is 1. The van der Waals surface area contributed by atoms with Crippen molar-refractivity contribution in [3.8, 4) is 0 Å². The third-order valence-corrected chi connectivity index (χ3v) is 2.87. The summed E-state index contributed by atoms with van der Waals surface area (Å²) in [4.78, 5) is 6.35. The van der Waals surface area contributed by atoms with E-state index < -0.39 is 0 Å². The lowest BCUT2D eigenvalue weighted by Gasteiger charge is -2.21. The summed E-state index contributed by atoms with van der Waals surface area (Å²) >= 11 is 0. The fourth-order valence-corrected chi connectivity index (χ4v) is 2.04. The van der Waals surface area contributed by atoms with Crippen molar-refractivity contribution in [3.63, 3.8) is 0 Å². The van der Waals surface area contributed by atoms with E-state index in [-0.39, 0.29) is 0 Å². The molecule has 1 aromatic heterocycles. The molecular formula is C14H25N5. The van der Waals surface area contributed by atoms with Crippen molar-refractivity contribution >= 4 is 5.96 Å². The number of aliphatic imine (C=N–C) groups is 1. The lowest BCUT2D eigenvalue weighted by molar-refractivity contribution is 0.477. The third-order valence-electron chi connectivity index (χ3n) is 2.87. The highest BCUT2D eigenvalue weighted by molar-refractivity contribution is 5.79. The predicted molar refractivity (Wildman–Crippen MR) is 80.3 cm³/mol. The smallest absolute Gasteiger partial charge is 0.193 e. The highest BCUT2D eigenvalue weighted by Gasteiger charge is 2.14. The van der Waals surface area contributed by atoms with Crippen LogP contribution < -0.4 is 5.32 Å². The van der Waals surface area contributed by atoms with Crippen molar-refractivity contribution in [1.29, 1.82) is 0 Å². The molecule has 0 spiro atoms. The zero-order valence-electron chi connectivity index (χ0n) is 12.6. The number of aryl methyl sites for hydroxylation is 1. The number of nitrogens with zero attached hydrogens (tertiary/aromatic N) is 4. The van der Waals surface area contributed by atoms with E-state index >= 15 is 0 Å². The molecule has 5 nitrogen and oxygen atoms in total. The first-order chi connectivity index (χ1) is 8.99. The average Bonchev–Trinajstić information content (AvgIpc) is 2.71. The highest BCUT2D eigenvalue weighted by Crippen LogP contribution is 2.18. The van der Waals surface area contributed by atoms with Crippen LogP contribution in [0.3, 0.4) is 0 Å². The first kappa shape index (κ1) is 15.3. The van der Waals surface area contributed by atoms with Gasteiger partial charge in [-0.05, 0) is 5.92 Å². The van der Waals surface area contributed by atoms with Gasteiger partial charge in [0.15, 0.2) is 5.96 Å². The lowest BCUT2D eigenvalue weighted by atomic mass is 10.1. The van der Waals surface area contributed by atoms with Gasteiger partial charge < -0.3 is 10.2 Å². The minimum Gasteiger partial charge on any atom is -0.353 e. The van der Waals surface area contributed by atoms with Crippen LogP contribution in [0, 0.1) is 0 Å². The molecule has 0 saturated carbocycles. The normalized spacial score (nSPS) is 11.8. The number of hydrogen-bond acceptors (Lipinski definition) is 2. The fraction of sp³-hybridized carbons (Fsp3) is 0.571. The summed E-state index contributed by atoms with van der Waals surface area (Å²) in [6.45, 7) is 9.53. The third kappa shape index (κ3) is 4.12. The van der Waals surface area contributed by atoms with Gasteiger partial charge in [-0.1, -0.05) is 19.9 Å². The van der Waals surface area contributed by atoms with Crippen LogP contribution in [0.25, 0.3) is 0 Å². The van der Waals surface area contributed by atoms with Crippen molar-refractivity contribution in [2.45, 2.75) is 26.3 Å². The molecular weight excluding hydrogens is 238 g/mol. The zero-order chi connectivity index (χ0) is 14.4. The van der Waals surface area contributed by atoms with Gasteiger partial charge in [-0.2, -0.15) is 5.10 Å². The minimum atomic E-state index is 0.424. The van der Waals surface area contributed by atoms with Crippen molar-refractivity contribution in [1.82, 2.24) is 20.0 Å². The van der Waals surface area contributed by atoms with Gasteiger partial charge in [-0.3, -0.25) is 9.67 Å². The molecule has 0 fully saturated rings. The Labute approximate surface area is 116 Å². The molecule has 0 radical (unpaired) electrons. The first-order valence-electron chi connectivity index (χ1n) is 6.54. The Balaban J connectivity index is 2.80. The van der Waals surface area contributed by atoms with E-state index in [4.69, 9.17) is 0 Å². The molecule has 106 valence electrons. The monoisotopic (exact) mass is 263 g/mol. The Morgan fingerprint density at radius 2 is 2.32 bits per heavy atom. The van der Waals surface area contributed by atoms with Gasteiger partial charge in [0.2, 0.25) is 0 Å². The molecule has 0 bridgehead atoms. The SMILES string of the molecule is C=CCNC(=NC)N(C)Cc1cn(C)nc1C(C)C. The van der Waals surface area contributed by atoms with Crippen LogP contribution in [0.5, 0.6) is 0 Å². The molecule has 1 rings (SSSR count). The molecule has 1 heterocycles. The maximum atomic E-state index is 4.52. The van der Waals surface area contributed by atoms with E-state index in [1.54, 1.807) is 7.05 Å². The van der Waals surface area contributed by atoms with Crippen molar-refractivity contribution in [2.75, 3.05) is 20.6 Å². The minimum absolute atomic E-state index is 0.424. The van der Waals surface area contributed by atoms with Gasteiger partial charge >= 0.3 is 0 Å². The van der Waals surface area contributed by atoms with Gasteiger partial charge in [-0.25, -0.2) is 0 Å². The Kier molecular flexibility index (Phi) is 5.60. The second kappa shape index (κ2) is 6.97. The van der Waals surface area contributed by atoms with Crippen LogP contribution >= 0.6 is 0 Å². The van der Waals surface area contributed by atoms with E-state index in [2.05, 4.69) is 46.9 Å². The van der Waals surface area contributed by atoms with Crippen LogP contribution in [-0.2, 0) is 13.6 Å². The molecule has 0 aromatic carbocycles. The molecule has 19 heavy (non-hydrogen) atoms. The van der Waals surface area contributed by atoms with Gasteiger partial charge in [0, 0.05) is 46.0 Å². The molecule has 0 amide bonds. The van der Waals surface area contributed by atoms with Crippen LogP contribution in [-0.4, -0.2) is 41.3 Å². The molecule has 0 saturated heterocycles. The van der Waals surface area contributed by atoms with Gasteiger partial charge in [0.05, 0.1) is 5.69 Å². The average molecular weight is 263 g/mol. The Morgan fingerprint density at radius 1 is 1.63 bits per heavy atom. The summed E-state index contributed by atoms with van der Waals surface area (Å²) in [5.41, 5.74) is 2.38. The molecule has 5 heteroatoms. The second-order valence-corrected chi connectivity index (χ2v) is 4.94. The summed E-state index contributed by atoms with van der Waals surface area (Å²) < 4.78 is 1.87. The summed E-state index contributed by atoms with van der Waals surface area (Å²) in [6, 6.07) is 0. The molecule has 1 N–H and O–H groups in total. The van der Waals surface area contributed by atoms with Gasteiger partial charge in [-0.15, -0.1) is 6.58 Å². The second-order valence-electron chi connectivity index (χ2n) is 4.94. The molecule has 0 unspecified atom stereocenters. The maximum Gasteiger partial charge on any atom is 0.193 e.